The van der Waals surface area contributed by atoms with Crippen LogP contribution in [0.2, 0.25) is 0 Å². The van der Waals surface area contributed by atoms with Gasteiger partial charge in [0.15, 0.2) is 0 Å². The maximum absolute atomic E-state index is 10.3. The van der Waals surface area contributed by atoms with Gasteiger partial charge in [-0.3, -0.25) is 4.68 Å². The van der Waals surface area contributed by atoms with E-state index in [0.717, 1.165) is 10.2 Å². The zero-order valence-corrected chi connectivity index (χ0v) is 10.2. The Labute approximate surface area is 92.0 Å². The number of methoxy groups -OCH3 is 1. The van der Waals surface area contributed by atoms with Crippen LogP contribution in [0.25, 0.3) is 0 Å². The van der Waals surface area contributed by atoms with Gasteiger partial charge in [0, 0.05) is 14.2 Å². The summed E-state index contributed by atoms with van der Waals surface area (Å²) in [5.41, 5.74) is -0.222. The van der Waals surface area contributed by atoms with Crippen LogP contribution >= 0.6 is 15.9 Å². The molecule has 14 heavy (non-hydrogen) atoms. The Morgan fingerprint density at radius 2 is 2.36 bits per heavy atom. The monoisotopic (exact) mass is 262 g/mol. The van der Waals surface area contributed by atoms with E-state index in [0.29, 0.717) is 6.42 Å². The molecular formula is C9H15BrN2O2. The van der Waals surface area contributed by atoms with Crippen molar-refractivity contribution in [2.45, 2.75) is 18.9 Å². The fourth-order valence-corrected chi connectivity index (χ4v) is 2.23. The minimum Gasteiger partial charge on any atom is -0.381 e. The molecule has 0 bridgehead atoms. The SMILES string of the molecule is CCC(O)(COC)c1c(Br)cnn1C. The third-order valence-electron chi connectivity index (χ3n) is 2.30. The van der Waals surface area contributed by atoms with Crippen molar-refractivity contribution < 1.29 is 9.84 Å². The molecule has 1 aromatic heterocycles. The average molecular weight is 263 g/mol. The van der Waals surface area contributed by atoms with Gasteiger partial charge in [-0.2, -0.15) is 5.10 Å². The molecule has 1 heterocycles. The Hall–Kier alpha value is -0.390. The highest BCUT2D eigenvalue weighted by molar-refractivity contribution is 9.10. The predicted octanol–water partition coefficient (Wildman–Crippen LogP) is 1.43. The van der Waals surface area contributed by atoms with Gasteiger partial charge in [0.05, 0.1) is 23.0 Å². The average Bonchev–Trinajstić information content (AvgIpc) is 2.47. The number of aromatic nitrogens is 2. The Kier molecular flexibility index (Phi) is 3.69. The number of aliphatic hydroxyl groups is 1. The topological polar surface area (TPSA) is 47.3 Å². The zero-order valence-electron chi connectivity index (χ0n) is 8.62. The van der Waals surface area contributed by atoms with Crippen LogP contribution in [0.4, 0.5) is 0 Å². The van der Waals surface area contributed by atoms with Crippen LogP contribution < -0.4 is 0 Å². The van der Waals surface area contributed by atoms with Crippen LogP contribution in [0.3, 0.4) is 0 Å². The molecule has 0 aliphatic rings. The first-order chi connectivity index (χ1) is 6.55. The van der Waals surface area contributed by atoms with Crippen LogP contribution in [0.1, 0.15) is 19.0 Å². The van der Waals surface area contributed by atoms with E-state index >= 15 is 0 Å². The summed E-state index contributed by atoms with van der Waals surface area (Å²) in [6.07, 6.45) is 2.25. The molecule has 0 aliphatic carbocycles. The number of halogens is 1. The Morgan fingerprint density at radius 3 is 2.71 bits per heavy atom. The maximum atomic E-state index is 10.3. The van der Waals surface area contributed by atoms with Crippen molar-refractivity contribution in [1.82, 2.24) is 9.78 Å². The molecule has 1 N–H and O–H groups in total. The minimum absolute atomic E-state index is 0.266. The third-order valence-corrected chi connectivity index (χ3v) is 2.88. The molecule has 0 aliphatic heterocycles. The number of nitrogens with zero attached hydrogens (tertiary/aromatic N) is 2. The smallest absolute Gasteiger partial charge is 0.130 e. The lowest BCUT2D eigenvalue weighted by Crippen LogP contribution is -2.33. The van der Waals surface area contributed by atoms with Crippen molar-refractivity contribution in [3.05, 3.63) is 16.4 Å². The molecule has 4 nitrogen and oxygen atoms in total. The highest BCUT2D eigenvalue weighted by Crippen LogP contribution is 2.30. The molecule has 1 aromatic rings. The lowest BCUT2D eigenvalue weighted by atomic mass is 9.97. The first-order valence-corrected chi connectivity index (χ1v) is 5.23. The lowest BCUT2D eigenvalue weighted by molar-refractivity contribution is -0.0448. The number of aryl methyl sites for hydroxylation is 1. The van der Waals surface area contributed by atoms with Crippen LogP contribution in [-0.2, 0) is 17.4 Å². The largest absolute Gasteiger partial charge is 0.381 e. The quantitative estimate of drug-likeness (QED) is 0.893. The van der Waals surface area contributed by atoms with Crippen LogP contribution in [0, 0.1) is 0 Å². The Bertz CT molecular complexity index is 294. The molecule has 1 atom stereocenters. The number of hydrogen-bond donors (Lipinski definition) is 1. The van der Waals surface area contributed by atoms with Gasteiger partial charge in [-0.05, 0) is 22.4 Å². The molecule has 0 amide bonds. The van der Waals surface area contributed by atoms with E-state index in [1.54, 1.807) is 25.0 Å². The van der Waals surface area contributed by atoms with Gasteiger partial charge >= 0.3 is 0 Å². The standard InChI is InChI=1S/C9H15BrN2O2/c1-4-9(13,6-14-3)8-7(10)5-11-12(8)2/h5,13H,4,6H2,1-3H3. The molecule has 0 spiro atoms. The van der Waals surface area contributed by atoms with Crippen LogP contribution in [-0.4, -0.2) is 28.6 Å². The second-order valence-corrected chi connectivity index (χ2v) is 4.14. The fourth-order valence-electron chi connectivity index (χ4n) is 1.51. The predicted molar refractivity (Wildman–Crippen MR) is 57.0 cm³/mol. The molecule has 0 fully saturated rings. The lowest BCUT2D eigenvalue weighted by Gasteiger charge is -2.26. The molecule has 5 heteroatoms. The second-order valence-electron chi connectivity index (χ2n) is 3.28. The summed E-state index contributed by atoms with van der Waals surface area (Å²) in [5, 5.41) is 14.4. The Morgan fingerprint density at radius 1 is 1.71 bits per heavy atom. The molecule has 1 unspecified atom stereocenters. The maximum Gasteiger partial charge on any atom is 0.130 e. The van der Waals surface area contributed by atoms with Gasteiger partial charge in [-0.15, -0.1) is 0 Å². The normalized spacial score (nSPS) is 15.5. The van der Waals surface area contributed by atoms with Gasteiger partial charge in [-0.25, -0.2) is 0 Å². The highest BCUT2D eigenvalue weighted by Gasteiger charge is 2.32. The van der Waals surface area contributed by atoms with Crippen molar-refractivity contribution in [3.8, 4) is 0 Å². The van der Waals surface area contributed by atoms with Gasteiger partial charge in [-0.1, -0.05) is 6.92 Å². The fraction of sp³-hybridized carbons (Fsp3) is 0.667. The number of rotatable bonds is 4. The van der Waals surface area contributed by atoms with Gasteiger partial charge in [0.2, 0.25) is 0 Å². The summed E-state index contributed by atoms with van der Waals surface area (Å²) in [7, 11) is 3.38. The van der Waals surface area contributed by atoms with Crippen LogP contribution in [0.15, 0.2) is 10.7 Å². The summed E-state index contributed by atoms with van der Waals surface area (Å²) in [5.74, 6) is 0. The minimum atomic E-state index is -0.973. The molecule has 0 saturated carbocycles. The van der Waals surface area contributed by atoms with Gasteiger partial charge in [0.25, 0.3) is 0 Å². The first-order valence-electron chi connectivity index (χ1n) is 4.44. The van der Waals surface area contributed by atoms with Crippen molar-refractivity contribution in [1.29, 1.82) is 0 Å². The van der Waals surface area contributed by atoms with Crippen molar-refractivity contribution in [3.63, 3.8) is 0 Å². The summed E-state index contributed by atoms with van der Waals surface area (Å²) in [4.78, 5) is 0. The second kappa shape index (κ2) is 4.42. The molecule has 1 rings (SSSR count). The van der Waals surface area contributed by atoms with E-state index in [1.165, 1.54) is 0 Å². The summed E-state index contributed by atoms with van der Waals surface area (Å²) < 4.78 is 7.49. The van der Waals surface area contributed by atoms with E-state index in [1.807, 2.05) is 6.92 Å². The molecule has 0 radical (unpaired) electrons. The number of hydrogen-bond acceptors (Lipinski definition) is 3. The first kappa shape index (κ1) is 11.7. The summed E-state index contributed by atoms with van der Waals surface area (Å²) in [6.45, 7) is 2.18. The third kappa shape index (κ3) is 1.99. The van der Waals surface area contributed by atoms with Crippen molar-refractivity contribution in [2.75, 3.05) is 13.7 Å². The number of ether oxygens (including phenoxy) is 1. The van der Waals surface area contributed by atoms with Crippen molar-refractivity contribution in [2.24, 2.45) is 7.05 Å². The molecule has 80 valence electrons. The van der Waals surface area contributed by atoms with Crippen LogP contribution in [0.5, 0.6) is 0 Å². The zero-order chi connectivity index (χ0) is 10.8. The van der Waals surface area contributed by atoms with E-state index in [-0.39, 0.29) is 6.61 Å². The van der Waals surface area contributed by atoms with E-state index in [9.17, 15) is 5.11 Å². The summed E-state index contributed by atoms with van der Waals surface area (Å²) in [6, 6.07) is 0. The van der Waals surface area contributed by atoms with E-state index in [2.05, 4.69) is 21.0 Å². The van der Waals surface area contributed by atoms with E-state index < -0.39 is 5.60 Å². The Balaban J connectivity index is 3.11. The highest BCUT2D eigenvalue weighted by atomic mass is 79.9. The molecular weight excluding hydrogens is 248 g/mol. The summed E-state index contributed by atoms with van der Waals surface area (Å²) >= 11 is 3.36. The van der Waals surface area contributed by atoms with Gasteiger partial charge < -0.3 is 9.84 Å². The van der Waals surface area contributed by atoms with Gasteiger partial charge in [0.1, 0.15) is 5.60 Å². The van der Waals surface area contributed by atoms with Crippen molar-refractivity contribution >= 4 is 15.9 Å². The van der Waals surface area contributed by atoms with E-state index in [4.69, 9.17) is 4.74 Å². The molecule has 0 saturated heterocycles. The molecule has 0 aromatic carbocycles.